The Morgan fingerprint density at radius 3 is 2.79 bits per heavy atom. The number of quaternary nitrogens is 1. The minimum Gasteiger partial charge on any atom is -0.331 e. The molecule has 29 heavy (non-hydrogen) atoms. The first-order valence-corrected chi connectivity index (χ1v) is 10.4. The number of carbonyl (C=O) groups excluding carboxylic acids is 1. The molecule has 2 aromatic heterocycles. The first-order valence-electron chi connectivity index (χ1n) is 10.4. The number of aromatic amines is 1. The average molecular weight is 391 g/mol. The summed E-state index contributed by atoms with van der Waals surface area (Å²) in [5, 5.41) is 7.37. The quantitative estimate of drug-likeness (QED) is 0.650. The Bertz CT molecular complexity index is 925. The lowest BCUT2D eigenvalue weighted by Crippen LogP contribution is -3.14. The molecule has 4 rings (SSSR count). The van der Waals surface area contributed by atoms with Gasteiger partial charge in [-0.05, 0) is 24.6 Å². The maximum atomic E-state index is 13.3. The number of pyridine rings is 1. The summed E-state index contributed by atoms with van der Waals surface area (Å²) >= 11 is 0. The molecule has 0 saturated carbocycles. The van der Waals surface area contributed by atoms with Crippen LogP contribution in [0.15, 0.2) is 60.9 Å². The van der Waals surface area contributed by atoms with Gasteiger partial charge in [0.1, 0.15) is 11.7 Å². The van der Waals surface area contributed by atoms with Crippen LogP contribution in [0.1, 0.15) is 35.8 Å². The Morgan fingerprint density at radius 2 is 2.03 bits per heavy atom. The molecular weight excluding hydrogens is 362 g/mol. The van der Waals surface area contributed by atoms with Crippen molar-refractivity contribution in [1.82, 2.24) is 20.1 Å². The molecule has 1 unspecified atom stereocenters. The molecule has 0 aliphatic carbocycles. The Hall–Kier alpha value is -2.99. The van der Waals surface area contributed by atoms with Crippen LogP contribution >= 0.6 is 0 Å². The normalized spacial score (nSPS) is 18.7. The minimum atomic E-state index is -0.0202. The van der Waals surface area contributed by atoms with Crippen LogP contribution in [0.25, 0.3) is 11.3 Å². The van der Waals surface area contributed by atoms with Gasteiger partial charge in [-0.25, -0.2) is 0 Å². The van der Waals surface area contributed by atoms with E-state index in [4.69, 9.17) is 0 Å². The van der Waals surface area contributed by atoms with Gasteiger partial charge >= 0.3 is 0 Å². The summed E-state index contributed by atoms with van der Waals surface area (Å²) in [5.74, 6) is -0.0202. The highest BCUT2D eigenvalue weighted by Gasteiger charge is 2.31. The highest BCUT2D eigenvalue weighted by atomic mass is 16.2. The van der Waals surface area contributed by atoms with Crippen LogP contribution in [0.3, 0.4) is 0 Å². The summed E-state index contributed by atoms with van der Waals surface area (Å²) in [6.07, 6.45) is 5.89. The largest absolute Gasteiger partial charge is 0.331 e. The fraction of sp³-hybridized carbons (Fsp3) is 0.348. The van der Waals surface area contributed by atoms with Crippen molar-refractivity contribution in [3.05, 3.63) is 72.2 Å². The monoisotopic (exact) mass is 390 g/mol. The van der Waals surface area contributed by atoms with Crippen molar-refractivity contribution in [2.45, 2.75) is 32.4 Å². The number of H-pyrrole nitrogens is 1. The van der Waals surface area contributed by atoms with Gasteiger partial charge in [-0.2, -0.15) is 5.10 Å². The summed E-state index contributed by atoms with van der Waals surface area (Å²) in [5.41, 5.74) is 3.56. The molecule has 6 nitrogen and oxygen atoms in total. The fourth-order valence-electron chi connectivity index (χ4n) is 4.30. The number of hydrogen-bond acceptors (Lipinski definition) is 3. The second-order valence-corrected chi connectivity index (χ2v) is 7.64. The van der Waals surface area contributed by atoms with Crippen molar-refractivity contribution in [2.75, 3.05) is 19.6 Å². The Labute approximate surface area is 171 Å². The van der Waals surface area contributed by atoms with Gasteiger partial charge in [0, 0.05) is 24.6 Å². The van der Waals surface area contributed by atoms with Crippen LogP contribution < -0.4 is 4.90 Å². The topological polar surface area (TPSA) is 66.3 Å². The molecule has 1 aliphatic rings. The molecule has 150 valence electrons. The van der Waals surface area contributed by atoms with E-state index < -0.39 is 0 Å². The van der Waals surface area contributed by atoms with E-state index in [1.165, 1.54) is 13.0 Å². The Balaban J connectivity index is 1.61. The third-order valence-electron chi connectivity index (χ3n) is 5.84. The van der Waals surface area contributed by atoms with Crippen molar-refractivity contribution in [3.8, 4) is 11.3 Å². The van der Waals surface area contributed by atoms with E-state index in [-0.39, 0.29) is 5.91 Å². The molecule has 0 spiro atoms. The van der Waals surface area contributed by atoms with E-state index in [1.807, 2.05) is 41.4 Å². The second-order valence-electron chi connectivity index (χ2n) is 7.64. The Kier molecular flexibility index (Phi) is 6.00. The van der Waals surface area contributed by atoms with E-state index in [0.717, 1.165) is 36.3 Å². The van der Waals surface area contributed by atoms with Crippen molar-refractivity contribution >= 4 is 5.91 Å². The van der Waals surface area contributed by atoms with Crippen molar-refractivity contribution in [2.24, 2.45) is 0 Å². The molecule has 1 aromatic carbocycles. The predicted molar refractivity (Wildman–Crippen MR) is 112 cm³/mol. The maximum Gasteiger partial charge on any atom is 0.272 e. The number of aromatic nitrogens is 3. The second kappa shape index (κ2) is 9.01. The van der Waals surface area contributed by atoms with Gasteiger partial charge in [-0.3, -0.25) is 14.9 Å². The molecule has 2 N–H and O–H groups in total. The lowest BCUT2D eigenvalue weighted by Gasteiger charge is -2.28. The molecule has 0 bridgehead atoms. The van der Waals surface area contributed by atoms with Gasteiger partial charge in [-0.1, -0.05) is 36.4 Å². The van der Waals surface area contributed by atoms with E-state index in [9.17, 15) is 4.79 Å². The number of amides is 1. The lowest BCUT2D eigenvalue weighted by atomic mass is 10.1. The maximum absolute atomic E-state index is 13.3. The molecule has 1 amide bonds. The first kappa shape index (κ1) is 19.3. The van der Waals surface area contributed by atoms with Gasteiger partial charge in [0.25, 0.3) is 5.91 Å². The predicted octanol–water partition coefficient (Wildman–Crippen LogP) is 2.18. The van der Waals surface area contributed by atoms with Crippen LogP contribution in [0.5, 0.6) is 0 Å². The number of likely N-dealkylation sites (tertiary alicyclic amines) is 1. The zero-order valence-electron chi connectivity index (χ0n) is 16.8. The first-order chi connectivity index (χ1) is 14.3. The van der Waals surface area contributed by atoms with Gasteiger partial charge in [0.2, 0.25) is 0 Å². The molecule has 3 aromatic rings. The summed E-state index contributed by atoms with van der Waals surface area (Å²) in [4.78, 5) is 21.2. The number of nitrogens with zero attached hydrogens (tertiary/aromatic N) is 3. The molecule has 1 fully saturated rings. The summed E-state index contributed by atoms with van der Waals surface area (Å²) in [6, 6.07) is 16.1. The fourth-order valence-corrected chi connectivity index (χ4v) is 4.30. The summed E-state index contributed by atoms with van der Waals surface area (Å²) in [7, 11) is 0. The third-order valence-corrected chi connectivity index (χ3v) is 5.84. The van der Waals surface area contributed by atoms with Crippen molar-refractivity contribution < 1.29 is 9.69 Å². The zero-order chi connectivity index (χ0) is 20.1. The smallest absolute Gasteiger partial charge is 0.272 e. The van der Waals surface area contributed by atoms with Gasteiger partial charge < -0.3 is 9.80 Å². The number of rotatable bonds is 7. The highest BCUT2D eigenvalue weighted by Crippen LogP contribution is 2.23. The van der Waals surface area contributed by atoms with E-state index in [1.54, 1.807) is 17.2 Å². The minimum absolute atomic E-state index is 0.0202. The molecule has 3 heterocycles. The van der Waals surface area contributed by atoms with E-state index >= 15 is 0 Å². The van der Waals surface area contributed by atoms with Crippen LogP contribution in [0, 0.1) is 0 Å². The molecular formula is C23H28N5O+. The van der Waals surface area contributed by atoms with Crippen LogP contribution in [-0.2, 0) is 6.54 Å². The van der Waals surface area contributed by atoms with Crippen LogP contribution in [-0.4, -0.2) is 51.7 Å². The van der Waals surface area contributed by atoms with Crippen LogP contribution in [0.4, 0.5) is 0 Å². The average Bonchev–Trinajstić information content (AvgIpc) is 3.43. The third kappa shape index (κ3) is 4.38. The SMILES string of the molecule is CC[NH+]1CCC[C@@H]1CN(Cc1cn[nH]c1-c1ccccc1)C(=O)c1ccccn1. The standard InChI is InChI=1S/C23H27N5O/c1-2-27-14-8-11-20(27)17-28(23(29)21-12-6-7-13-24-21)16-19-15-25-26-22(19)18-9-4-3-5-10-18/h3-7,9-10,12-13,15,20H,2,8,11,14,16-17H2,1H3,(H,25,26)/p+1/t20-/m1/s1. The van der Waals surface area contributed by atoms with Crippen molar-refractivity contribution in [1.29, 1.82) is 0 Å². The van der Waals surface area contributed by atoms with Gasteiger partial charge in [0.05, 0.1) is 38.1 Å². The lowest BCUT2D eigenvalue weighted by molar-refractivity contribution is -0.909. The number of likely N-dealkylation sites (N-methyl/N-ethyl adjacent to an activating group) is 1. The van der Waals surface area contributed by atoms with Gasteiger partial charge in [0.15, 0.2) is 0 Å². The van der Waals surface area contributed by atoms with Crippen molar-refractivity contribution in [3.63, 3.8) is 0 Å². The summed E-state index contributed by atoms with van der Waals surface area (Å²) < 4.78 is 0. The molecule has 1 aliphatic heterocycles. The van der Waals surface area contributed by atoms with E-state index in [2.05, 4.69) is 34.2 Å². The number of nitrogens with one attached hydrogen (secondary N) is 2. The Morgan fingerprint density at radius 1 is 1.21 bits per heavy atom. The highest BCUT2D eigenvalue weighted by molar-refractivity contribution is 5.92. The molecule has 1 saturated heterocycles. The number of carbonyl (C=O) groups is 1. The zero-order valence-corrected chi connectivity index (χ0v) is 16.8. The number of hydrogen-bond donors (Lipinski definition) is 2. The molecule has 6 heteroatoms. The van der Waals surface area contributed by atoms with E-state index in [0.29, 0.717) is 18.3 Å². The number of benzene rings is 1. The molecule has 2 atom stereocenters. The summed E-state index contributed by atoms with van der Waals surface area (Å²) in [6.45, 7) is 5.76. The van der Waals surface area contributed by atoms with Gasteiger partial charge in [-0.15, -0.1) is 0 Å². The van der Waals surface area contributed by atoms with Crippen LogP contribution in [0.2, 0.25) is 0 Å². The molecule has 0 radical (unpaired) electrons.